The van der Waals surface area contributed by atoms with Gasteiger partial charge in [-0.1, -0.05) is 0 Å². The second-order valence-electron chi connectivity index (χ2n) is 2.66. The lowest BCUT2D eigenvalue weighted by Crippen LogP contribution is -2.30. The fourth-order valence-electron chi connectivity index (χ4n) is 0.602. The molecule has 4 nitrogen and oxygen atoms in total. The lowest BCUT2D eigenvalue weighted by atomic mass is 10.4. The molecule has 0 heterocycles. The summed E-state index contributed by atoms with van der Waals surface area (Å²) >= 11 is 0. The van der Waals surface area contributed by atoms with Crippen molar-refractivity contribution in [3.8, 4) is 0 Å². The summed E-state index contributed by atoms with van der Waals surface area (Å²) in [7, 11) is 0. The summed E-state index contributed by atoms with van der Waals surface area (Å²) in [4.78, 5) is 0. The third kappa shape index (κ3) is 6.25. The number of hydroxylamine groups is 2. The third-order valence-electron chi connectivity index (χ3n) is 1.32. The zero-order valence-electron chi connectivity index (χ0n) is 7.29. The fourth-order valence-corrected chi connectivity index (χ4v) is 0.602. The first kappa shape index (κ1) is 10.8. The van der Waals surface area contributed by atoms with Crippen molar-refractivity contribution in [1.82, 2.24) is 5.06 Å². The van der Waals surface area contributed by atoms with Crippen LogP contribution in [-0.2, 0) is 4.74 Å². The first-order valence-electron chi connectivity index (χ1n) is 3.91. The Kier molecular flexibility index (Phi) is 6.45. The molecule has 0 unspecified atom stereocenters. The molecule has 0 aliphatic rings. The number of rotatable bonds is 6. The summed E-state index contributed by atoms with van der Waals surface area (Å²) in [5.41, 5.74) is 5.20. The highest BCUT2D eigenvalue weighted by Gasteiger charge is 2.03. The van der Waals surface area contributed by atoms with Crippen LogP contribution in [0.4, 0.5) is 0 Å². The van der Waals surface area contributed by atoms with Crippen LogP contribution in [0, 0.1) is 0 Å². The molecular formula is C7H18N2O2. The van der Waals surface area contributed by atoms with Gasteiger partial charge in [0.1, 0.15) is 0 Å². The Hall–Kier alpha value is -0.160. The van der Waals surface area contributed by atoms with Crippen LogP contribution in [0.2, 0.25) is 0 Å². The summed E-state index contributed by atoms with van der Waals surface area (Å²) in [6.07, 6.45) is 0. The quantitative estimate of drug-likeness (QED) is 0.428. The Labute approximate surface area is 67.9 Å². The van der Waals surface area contributed by atoms with Crippen LogP contribution in [0.1, 0.15) is 13.8 Å². The molecule has 0 spiro atoms. The average Bonchev–Trinajstić information content (AvgIpc) is 1.97. The smallest absolute Gasteiger partial charge is 0.0617 e. The van der Waals surface area contributed by atoms with Crippen LogP contribution in [0.25, 0.3) is 0 Å². The van der Waals surface area contributed by atoms with Crippen molar-refractivity contribution in [2.75, 3.05) is 26.3 Å². The van der Waals surface area contributed by atoms with Crippen LogP contribution in [0.5, 0.6) is 0 Å². The van der Waals surface area contributed by atoms with Crippen LogP contribution in [0.15, 0.2) is 0 Å². The molecule has 68 valence electrons. The Morgan fingerprint density at radius 2 is 2.09 bits per heavy atom. The minimum absolute atomic E-state index is 0.150. The molecule has 0 atom stereocenters. The van der Waals surface area contributed by atoms with Gasteiger partial charge in [-0.05, 0) is 13.8 Å². The highest BCUT2D eigenvalue weighted by Crippen LogP contribution is 1.91. The van der Waals surface area contributed by atoms with Gasteiger partial charge < -0.3 is 15.7 Å². The number of ether oxygens (including phenoxy) is 1. The molecule has 0 rings (SSSR count). The van der Waals surface area contributed by atoms with E-state index in [2.05, 4.69) is 0 Å². The van der Waals surface area contributed by atoms with Gasteiger partial charge in [-0.3, -0.25) is 0 Å². The van der Waals surface area contributed by atoms with Crippen LogP contribution >= 0.6 is 0 Å². The van der Waals surface area contributed by atoms with Gasteiger partial charge in [0.05, 0.1) is 13.2 Å². The zero-order valence-corrected chi connectivity index (χ0v) is 7.29. The van der Waals surface area contributed by atoms with Gasteiger partial charge in [-0.2, -0.15) is 5.06 Å². The van der Waals surface area contributed by atoms with Crippen molar-refractivity contribution in [1.29, 1.82) is 0 Å². The van der Waals surface area contributed by atoms with E-state index >= 15 is 0 Å². The topological polar surface area (TPSA) is 58.7 Å². The van der Waals surface area contributed by atoms with E-state index in [0.29, 0.717) is 26.3 Å². The molecule has 0 amide bonds. The molecule has 0 fully saturated rings. The number of hydrogen-bond donors (Lipinski definition) is 2. The van der Waals surface area contributed by atoms with Crippen molar-refractivity contribution in [2.45, 2.75) is 19.9 Å². The molecule has 0 aliphatic heterocycles. The van der Waals surface area contributed by atoms with Crippen LogP contribution in [-0.4, -0.2) is 42.6 Å². The van der Waals surface area contributed by atoms with Crippen molar-refractivity contribution >= 4 is 0 Å². The van der Waals surface area contributed by atoms with E-state index in [1.807, 2.05) is 13.8 Å². The maximum Gasteiger partial charge on any atom is 0.0617 e. The van der Waals surface area contributed by atoms with E-state index in [-0.39, 0.29) is 6.04 Å². The van der Waals surface area contributed by atoms with E-state index in [0.717, 1.165) is 0 Å². The van der Waals surface area contributed by atoms with Crippen molar-refractivity contribution in [2.24, 2.45) is 5.73 Å². The van der Waals surface area contributed by atoms with E-state index < -0.39 is 0 Å². The summed E-state index contributed by atoms with van der Waals surface area (Å²) in [5.74, 6) is 0. The molecule has 0 aromatic heterocycles. The molecular weight excluding hydrogens is 144 g/mol. The lowest BCUT2D eigenvalue weighted by molar-refractivity contribution is -0.127. The van der Waals surface area contributed by atoms with Crippen molar-refractivity contribution < 1.29 is 9.94 Å². The van der Waals surface area contributed by atoms with Gasteiger partial charge in [0.15, 0.2) is 0 Å². The summed E-state index contributed by atoms with van der Waals surface area (Å²) < 4.78 is 5.08. The van der Waals surface area contributed by atoms with Crippen molar-refractivity contribution in [3.05, 3.63) is 0 Å². The van der Waals surface area contributed by atoms with Gasteiger partial charge in [-0.15, -0.1) is 0 Å². The van der Waals surface area contributed by atoms with E-state index in [9.17, 15) is 0 Å². The van der Waals surface area contributed by atoms with Gasteiger partial charge in [0.25, 0.3) is 0 Å². The maximum atomic E-state index is 9.15. The number of nitrogens with zero attached hydrogens (tertiary/aromatic N) is 1. The largest absolute Gasteiger partial charge is 0.379 e. The summed E-state index contributed by atoms with van der Waals surface area (Å²) in [6.45, 7) is 6.01. The fraction of sp³-hybridized carbons (Fsp3) is 1.00. The number of nitrogens with two attached hydrogens (primary N) is 1. The molecule has 0 radical (unpaired) electrons. The molecule has 0 aromatic rings. The first-order valence-corrected chi connectivity index (χ1v) is 3.91. The summed E-state index contributed by atoms with van der Waals surface area (Å²) in [6, 6.07) is 0.150. The van der Waals surface area contributed by atoms with Gasteiger partial charge in [-0.25, -0.2) is 0 Å². The van der Waals surface area contributed by atoms with Gasteiger partial charge in [0, 0.05) is 19.1 Å². The maximum absolute atomic E-state index is 9.15. The third-order valence-corrected chi connectivity index (χ3v) is 1.32. The second kappa shape index (κ2) is 6.54. The standard InChI is InChI=1S/C7H18N2O2/c1-7(2)9(10)4-6-11-5-3-8/h7,10H,3-6,8H2,1-2H3. The molecule has 0 aromatic carbocycles. The first-order chi connectivity index (χ1) is 5.18. The molecule has 0 saturated heterocycles. The molecule has 0 aliphatic carbocycles. The minimum Gasteiger partial charge on any atom is -0.379 e. The SMILES string of the molecule is CC(C)N(O)CCOCCN. The molecule has 0 saturated carbocycles. The van der Waals surface area contributed by atoms with E-state index in [1.165, 1.54) is 5.06 Å². The van der Waals surface area contributed by atoms with Crippen molar-refractivity contribution in [3.63, 3.8) is 0 Å². The normalized spacial score (nSPS) is 11.5. The number of hydrogen-bond acceptors (Lipinski definition) is 4. The Bertz CT molecular complexity index is 88.5. The lowest BCUT2D eigenvalue weighted by Gasteiger charge is -2.18. The highest BCUT2D eigenvalue weighted by atomic mass is 16.5. The molecule has 3 N–H and O–H groups in total. The second-order valence-corrected chi connectivity index (χ2v) is 2.66. The Morgan fingerprint density at radius 3 is 2.55 bits per heavy atom. The average molecular weight is 162 g/mol. The summed E-state index contributed by atoms with van der Waals surface area (Å²) in [5, 5.41) is 10.4. The zero-order chi connectivity index (χ0) is 8.69. The van der Waals surface area contributed by atoms with Gasteiger partial charge in [0.2, 0.25) is 0 Å². The molecule has 0 bridgehead atoms. The van der Waals surface area contributed by atoms with E-state index in [4.69, 9.17) is 15.7 Å². The predicted molar refractivity (Wildman–Crippen MR) is 43.5 cm³/mol. The molecule has 11 heavy (non-hydrogen) atoms. The van der Waals surface area contributed by atoms with Crippen LogP contribution < -0.4 is 5.73 Å². The molecule has 4 heteroatoms. The Balaban J connectivity index is 3.10. The Morgan fingerprint density at radius 1 is 1.45 bits per heavy atom. The van der Waals surface area contributed by atoms with E-state index in [1.54, 1.807) is 0 Å². The monoisotopic (exact) mass is 162 g/mol. The van der Waals surface area contributed by atoms with Gasteiger partial charge >= 0.3 is 0 Å². The highest BCUT2D eigenvalue weighted by molar-refractivity contribution is 4.49. The minimum atomic E-state index is 0.150. The van der Waals surface area contributed by atoms with Crippen LogP contribution in [0.3, 0.4) is 0 Å². The predicted octanol–water partition coefficient (Wildman–Crippen LogP) is 0.0613.